The molecule has 0 aliphatic rings. The van der Waals surface area contributed by atoms with Gasteiger partial charge in [0.15, 0.2) is 0 Å². The zero-order valence-corrected chi connectivity index (χ0v) is 7.82. The summed E-state index contributed by atoms with van der Waals surface area (Å²) in [7, 11) is -1.52. The first kappa shape index (κ1) is 9.66. The average molecular weight is 231 g/mol. The Morgan fingerprint density at radius 2 is 2.25 bits per heavy atom. The normalized spacial score (nSPS) is 10.0. The fourth-order valence-corrected chi connectivity index (χ4v) is 1.23. The highest BCUT2D eigenvalue weighted by Crippen LogP contribution is 2.05. The van der Waals surface area contributed by atoms with Crippen molar-refractivity contribution in [3.05, 3.63) is 22.4 Å². The molecule has 0 radical (unpaired) electrons. The maximum atomic E-state index is 8.90. The molecule has 0 atom stereocenters. The van der Waals surface area contributed by atoms with Gasteiger partial charge in [0.25, 0.3) is 0 Å². The molecule has 0 aromatic carbocycles. The Kier molecular flexibility index (Phi) is 3.22. The fraction of sp³-hybridized carbons (Fsp3) is 0.167. The molecule has 4 N–H and O–H groups in total. The molecule has 1 aromatic rings. The summed E-state index contributed by atoms with van der Waals surface area (Å²) in [5, 5.41) is 17.8. The molecule has 1 aromatic heterocycles. The van der Waals surface area contributed by atoms with Gasteiger partial charge < -0.3 is 15.8 Å². The molecule has 64 valence electrons. The predicted molar refractivity (Wildman–Crippen MR) is 49.7 cm³/mol. The maximum absolute atomic E-state index is 8.90. The van der Waals surface area contributed by atoms with Gasteiger partial charge in [0.05, 0.1) is 5.69 Å². The van der Waals surface area contributed by atoms with Crippen LogP contribution < -0.4 is 11.2 Å². The van der Waals surface area contributed by atoms with E-state index in [0.29, 0.717) is 15.6 Å². The van der Waals surface area contributed by atoms with Crippen LogP contribution in [0.4, 0.5) is 0 Å². The minimum absolute atomic E-state index is 0.195. The van der Waals surface area contributed by atoms with E-state index in [4.69, 9.17) is 15.8 Å². The van der Waals surface area contributed by atoms with Crippen molar-refractivity contribution in [2.45, 2.75) is 6.54 Å². The van der Waals surface area contributed by atoms with Gasteiger partial charge in [-0.15, -0.1) is 0 Å². The number of nitrogens with two attached hydrogens (primary N) is 1. The molecule has 1 rings (SSSR count). The number of hydrogen-bond acceptors (Lipinski definition) is 4. The van der Waals surface area contributed by atoms with E-state index in [0.717, 1.165) is 0 Å². The van der Waals surface area contributed by atoms with Crippen molar-refractivity contribution in [2.75, 3.05) is 0 Å². The predicted octanol–water partition coefficient (Wildman–Crippen LogP) is -1.02. The zero-order chi connectivity index (χ0) is 9.14. The molecule has 12 heavy (non-hydrogen) atoms. The highest BCUT2D eigenvalue weighted by molar-refractivity contribution is 9.10. The molecule has 0 fully saturated rings. The lowest BCUT2D eigenvalue weighted by molar-refractivity contribution is 0.425. The Morgan fingerprint density at radius 1 is 1.58 bits per heavy atom. The Morgan fingerprint density at radius 3 is 2.75 bits per heavy atom. The van der Waals surface area contributed by atoms with Crippen LogP contribution in [0.25, 0.3) is 0 Å². The SMILES string of the molecule is NCc1ncc(Br)cc1B(O)O. The first-order valence-electron chi connectivity index (χ1n) is 3.35. The Labute approximate surface area is 78.7 Å². The molecule has 6 heteroatoms. The van der Waals surface area contributed by atoms with Crippen molar-refractivity contribution < 1.29 is 10.0 Å². The molecule has 1 heterocycles. The van der Waals surface area contributed by atoms with Gasteiger partial charge in [0, 0.05) is 22.7 Å². The molecule has 0 unspecified atom stereocenters. The van der Waals surface area contributed by atoms with Gasteiger partial charge in [0.2, 0.25) is 0 Å². The van der Waals surface area contributed by atoms with Crippen LogP contribution in [0, 0.1) is 0 Å². The van der Waals surface area contributed by atoms with E-state index in [-0.39, 0.29) is 6.54 Å². The van der Waals surface area contributed by atoms with Crippen LogP contribution in [0.3, 0.4) is 0 Å². The van der Waals surface area contributed by atoms with E-state index in [1.807, 2.05) is 0 Å². The summed E-state index contributed by atoms with van der Waals surface area (Å²) >= 11 is 3.17. The van der Waals surface area contributed by atoms with Gasteiger partial charge in [-0.05, 0) is 22.0 Å². The molecule has 0 aliphatic carbocycles. The summed E-state index contributed by atoms with van der Waals surface area (Å²) < 4.78 is 0.697. The minimum atomic E-state index is -1.52. The van der Waals surface area contributed by atoms with E-state index >= 15 is 0 Å². The average Bonchev–Trinajstić information content (AvgIpc) is 2.04. The van der Waals surface area contributed by atoms with E-state index < -0.39 is 7.12 Å². The highest BCUT2D eigenvalue weighted by atomic mass is 79.9. The number of pyridine rings is 1. The van der Waals surface area contributed by atoms with E-state index in [1.54, 1.807) is 12.3 Å². The third-order valence-electron chi connectivity index (χ3n) is 1.44. The van der Waals surface area contributed by atoms with Gasteiger partial charge in [-0.3, -0.25) is 4.98 Å². The summed E-state index contributed by atoms with van der Waals surface area (Å²) in [4.78, 5) is 3.93. The van der Waals surface area contributed by atoms with Crippen molar-refractivity contribution in [3.63, 3.8) is 0 Å². The number of hydrogen-bond donors (Lipinski definition) is 3. The standard InChI is InChI=1S/C6H8BBrN2O2/c8-4-1-5(7(11)12)6(2-9)10-3-4/h1,3,11-12H,2,9H2. The van der Waals surface area contributed by atoms with Crippen molar-refractivity contribution >= 4 is 28.5 Å². The second-order valence-electron chi connectivity index (χ2n) is 2.27. The first-order valence-corrected chi connectivity index (χ1v) is 4.15. The number of rotatable bonds is 2. The van der Waals surface area contributed by atoms with Gasteiger partial charge in [-0.25, -0.2) is 0 Å². The largest absolute Gasteiger partial charge is 0.490 e. The highest BCUT2D eigenvalue weighted by Gasteiger charge is 2.16. The van der Waals surface area contributed by atoms with Crippen LogP contribution in [0.15, 0.2) is 16.7 Å². The van der Waals surface area contributed by atoms with Gasteiger partial charge >= 0.3 is 7.12 Å². The third kappa shape index (κ3) is 2.04. The van der Waals surface area contributed by atoms with E-state index in [9.17, 15) is 0 Å². The molecular formula is C6H8BBrN2O2. The van der Waals surface area contributed by atoms with Crippen molar-refractivity contribution in [1.82, 2.24) is 4.98 Å². The van der Waals surface area contributed by atoms with E-state index in [1.165, 1.54) is 0 Å². The molecule has 0 bridgehead atoms. The van der Waals surface area contributed by atoms with Crippen LogP contribution in [0.5, 0.6) is 0 Å². The van der Waals surface area contributed by atoms with E-state index in [2.05, 4.69) is 20.9 Å². The van der Waals surface area contributed by atoms with Gasteiger partial charge in [-0.1, -0.05) is 0 Å². The maximum Gasteiger partial charge on any atom is 0.490 e. The van der Waals surface area contributed by atoms with Crippen molar-refractivity contribution in [2.24, 2.45) is 5.73 Å². The summed E-state index contributed by atoms with van der Waals surface area (Å²) in [6, 6.07) is 1.58. The summed E-state index contributed by atoms with van der Waals surface area (Å²) in [5.74, 6) is 0. The fourth-order valence-electron chi connectivity index (χ4n) is 0.877. The monoisotopic (exact) mass is 230 g/mol. The molecule has 0 aliphatic heterocycles. The zero-order valence-electron chi connectivity index (χ0n) is 6.24. The Balaban J connectivity index is 3.12. The second-order valence-corrected chi connectivity index (χ2v) is 3.18. The molecule has 0 saturated heterocycles. The Hall–Kier alpha value is -0.425. The van der Waals surface area contributed by atoms with Crippen LogP contribution in [-0.2, 0) is 6.54 Å². The molecule has 0 amide bonds. The van der Waals surface area contributed by atoms with Gasteiger partial charge in [0.1, 0.15) is 0 Å². The number of nitrogens with zero attached hydrogens (tertiary/aromatic N) is 1. The van der Waals surface area contributed by atoms with Crippen molar-refractivity contribution in [3.8, 4) is 0 Å². The lowest BCUT2D eigenvalue weighted by Gasteiger charge is -2.05. The summed E-state index contributed by atoms with van der Waals surface area (Å²) in [5.41, 5.74) is 6.17. The topological polar surface area (TPSA) is 79.4 Å². The Bertz CT molecular complexity index is 282. The van der Waals surface area contributed by atoms with Crippen LogP contribution >= 0.6 is 15.9 Å². The third-order valence-corrected chi connectivity index (χ3v) is 1.88. The quantitative estimate of drug-likeness (QED) is 0.569. The lowest BCUT2D eigenvalue weighted by Crippen LogP contribution is -2.34. The van der Waals surface area contributed by atoms with Gasteiger partial charge in [-0.2, -0.15) is 0 Å². The second kappa shape index (κ2) is 4.00. The lowest BCUT2D eigenvalue weighted by atomic mass is 9.79. The van der Waals surface area contributed by atoms with Crippen molar-refractivity contribution in [1.29, 1.82) is 0 Å². The molecule has 4 nitrogen and oxygen atoms in total. The summed E-state index contributed by atoms with van der Waals surface area (Å²) in [6.07, 6.45) is 1.56. The number of aromatic nitrogens is 1. The summed E-state index contributed by atoms with van der Waals surface area (Å²) in [6.45, 7) is 0.195. The van der Waals surface area contributed by atoms with Crippen LogP contribution in [0.2, 0.25) is 0 Å². The van der Waals surface area contributed by atoms with Crippen LogP contribution in [0.1, 0.15) is 5.69 Å². The number of halogens is 1. The first-order chi connectivity index (χ1) is 5.65. The smallest absolute Gasteiger partial charge is 0.423 e. The molecular weight excluding hydrogens is 223 g/mol. The molecule has 0 spiro atoms. The molecule has 0 saturated carbocycles. The van der Waals surface area contributed by atoms with Crippen LogP contribution in [-0.4, -0.2) is 22.2 Å². The minimum Gasteiger partial charge on any atom is -0.423 e.